The zero-order chi connectivity index (χ0) is 10.7. The first-order valence-electron chi connectivity index (χ1n) is 6.09. The van der Waals surface area contributed by atoms with Gasteiger partial charge in [0.05, 0.1) is 0 Å². The Hall–Kier alpha value is -0.300. The maximum Gasteiger partial charge on any atom is 0.145 e. The zero-order valence-electron chi connectivity index (χ0n) is 9.12. The molecule has 2 aliphatic rings. The van der Waals surface area contributed by atoms with Crippen LogP contribution in [0.15, 0.2) is 11.6 Å². The highest BCUT2D eigenvalue weighted by Gasteiger charge is 2.31. The van der Waals surface area contributed by atoms with Crippen molar-refractivity contribution in [3.05, 3.63) is 11.6 Å². The van der Waals surface area contributed by atoms with Gasteiger partial charge in [-0.15, -0.1) is 11.6 Å². The van der Waals surface area contributed by atoms with E-state index in [9.17, 15) is 4.79 Å². The number of alkyl halides is 1. The van der Waals surface area contributed by atoms with Gasteiger partial charge in [-0.3, -0.25) is 4.79 Å². The molecule has 0 heterocycles. The summed E-state index contributed by atoms with van der Waals surface area (Å²) in [6.07, 6.45) is 11.7. The van der Waals surface area contributed by atoms with Crippen molar-refractivity contribution < 1.29 is 4.79 Å². The Bertz CT molecular complexity index is 253. The maximum atomic E-state index is 10.7. The van der Waals surface area contributed by atoms with E-state index in [2.05, 4.69) is 6.08 Å². The predicted molar refractivity (Wildman–Crippen MR) is 63.1 cm³/mol. The van der Waals surface area contributed by atoms with Gasteiger partial charge in [0.2, 0.25) is 0 Å². The molecule has 0 aliphatic heterocycles. The van der Waals surface area contributed by atoms with E-state index in [1.54, 1.807) is 0 Å². The van der Waals surface area contributed by atoms with Crippen LogP contribution in [0.25, 0.3) is 0 Å². The average Bonchev–Trinajstić information content (AvgIpc) is 2.30. The van der Waals surface area contributed by atoms with Gasteiger partial charge < -0.3 is 0 Å². The van der Waals surface area contributed by atoms with E-state index in [1.165, 1.54) is 32.1 Å². The minimum absolute atomic E-state index is 0.193. The summed E-state index contributed by atoms with van der Waals surface area (Å²) >= 11 is 6.39. The summed E-state index contributed by atoms with van der Waals surface area (Å²) < 4.78 is 0. The Labute approximate surface area is 96.9 Å². The summed E-state index contributed by atoms with van der Waals surface area (Å²) in [6.45, 7) is 0. The minimum Gasteiger partial charge on any atom is -0.298 e. The highest BCUT2D eigenvalue weighted by atomic mass is 35.5. The number of rotatable bonds is 2. The maximum absolute atomic E-state index is 10.7. The fourth-order valence-electron chi connectivity index (χ4n) is 3.04. The lowest BCUT2D eigenvalue weighted by atomic mass is 9.74. The molecule has 0 aromatic carbocycles. The molecule has 1 fully saturated rings. The number of hydrogen-bond acceptors (Lipinski definition) is 1. The van der Waals surface area contributed by atoms with Crippen LogP contribution < -0.4 is 0 Å². The third-order valence-corrected chi connectivity index (χ3v) is 4.43. The number of allylic oxidation sites excluding steroid dienone is 2. The van der Waals surface area contributed by atoms with E-state index in [4.69, 9.17) is 11.6 Å². The third kappa shape index (κ3) is 2.63. The Morgan fingerprint density at radius 3 is 2.60 bits per heavy atom. The smallest absolute Gasteiger partial charge is 0.145 e. The number of aldehydes is 1. The molecule has 2 rings (SSSR count). The molecular weight excluding hydrogens is 208 g/mol. The molecule has 0 aromatic heterocycles. The third-order valence-electron chi connectivity index (χ3n) is 3.95. The van der Waals surface area contributed by atoms with Gasteiger partial charge in [-0.05, 0) is 30.3 Å². The quantitative estimate of drug-likeness (QED) is 0.518. The lowest BCUT2D eigenvalue weighted by Gasteiger charge is -2.35. The molecule has 2 unspecified atom stereocenters. The van der Waals surface area contributed by atoms with Crippen LogP contribution in [-0.2, 0) is 4.79 Å². The summed E-state index contributed by atoms with van der Waals surface area (Å²) in [5, 5.41) is 0.193. The number of hydrogen-bond donors (Lipinski definition) is 0. The van der Waals surface area contributed by atoms with Crippen LogP contribution in [0.2, 0.25) is 0 Å². The summed E-state index contributed by atoms with van der Waals surface area (Å²) in [5.74, 6) is 1.43. The van der Waals surface area contributed by atoms with Crippen LogP contribution in [0.4, 0.5) is 0 Å². The van der Waals surface area contributed by atoms with Gasteiger partial charge in [-0.2, -0.15) is 0 Å². The van der Waals surface area contributed by atoms with Crippen molar-refractivity contribution in [3.8, 4) is 0 Å². The van der Waals surface area contributed by atoms with Gasteiger partial charge in [0.25, 0.3) is 0 Å². The second-order valence-corrected chi connectivity index (χ2v) is 5.48. The van der Waals surface area contributed by atoms with Crippen molar-refractivity contribution >= 4 is 17.9 Å². The van der Waals surface area contributed by atoms with Gasteiger partial charge in [-0.1, -0.05) is 38.2 Å². The van der Waals surface area contributed by atoms with Gasteiger partial charge in [0, 0.05) is 5.38 Å². The molecule has 2 heteroatoms. The summed E-state index contributed by atoms with van der Waals surface area (Å²) in [6, 6.07) is 0. The second-order valence-electron chi connectivity index (χ2n) is 4.91. The minimum atomic E-state index is 0.193. The Kier molecular flexibility index (Phi) is 3.85. The molecule has 2 aliphatic carbocycles. The first-order valence-corrected chi connectivity index (χ1v) is 6.53. The van der Waals surface area contributed by atoms with Crippen molar-refractivity contribution in [3.63, 3.8) is 0 Å². The summed E-state index contributed by atoms with van der Waals surface area (Å²) in [5.41, 5.74) is 0.905. The molecule has 0 bridgehead atoms. The fraction of sp³-hybridized carbons (Fsp3) is 0.769. The van der Waals surface area contributed by atoms with Crippen molar-refractivity contribution in [1.82, 2.24) is 0 Å². The first kappa shape index (κ1) is 11.2. The lowest BCUT2D eigenvalue weighted by Crippen LogP contribution is -2.28. The molecular formula is C13H19ClO. The normalized spacial score (nSPS) is 33.5. The number of carbonyl (C=O) groups is 1. The summed E-state index contributed by atoms with van der Waals surface area (Å²) in [7, 11) is 0. The first-order chi connectivity index (χ1) is 7.31. The van der Waals surface area contributed by atoms with Gasteiger partial charge >= 0.3 is 0 Å². The van der Waals surface area contributed by atoms with Gasteiger partial charge in [-0.25, -0.2) is 0 Å². The Balaban J connectivity index is 1.98. The molecule has 1 nitrogen and oxygen atoms in total. The molecule has 84 valence electrons. The standard InChI is InChI=1S/C13H19ClO/c14-13-8-10(9-15)6-7-12(13)11-4-2-1-3-5-11/h6,9,11-13H,1-5,7-8H2. The molecule has 0 aromatic rings. The van der Waals surface area contributed by atoms with Crippen molar-refractivity contribution in [2.75, 3.05) is 0 Å². The summed E-state index contributed by atoms with van der Waals surface area (Å²) in [4.78, 5) is 10.7. The lowest BCUT2D eigenvalue weighted by molar-refractivity contribution is -0.105. The van der Waals surface area contributed by atoms with Crippen LogP contribution in [0.3, 0.4) is 0 Å². The van der Waals surface area contributed by atoms with Crippen molar-refractivity contribution in [1.29, 1.82) is 0 Å². The van der Waals surface area contributed by atoms with Crippen molar-refractivity contribution in [2.24, 2.45) is 11.8 Å². The molecule has 2 atom stereocenters. The van der Waals surface area contributed by atoms with Gasteiger partial charge in [0.15, 0.2) is 0 Å². The van der Waals surface area contributed by atoms with E-state index in [1.807, 2.05) is 0 Å². The SMILES string of the molecule is O=CC1=CCC(C2CCCCC2)C(Cl)C1. The van der Waals surface area contributed by atoms with Crippen LogP contribution >= 0.6 is 11.6 Å². The Morgan fingerprint density at radius 1 is 1.27 bits per heavy atom. The van der Waals surface area contributed by atoms with E-state index < -0.39 is 0 Å². The Morgan fingerprint density at radius 2 is 2.00 bits per heavy atom. The van der Waals surface area contributed by atoms with Crippen LogP contribution in [0.5, 0.6) is 0 Å². The molecule has 0 amide bonds. The molecule has 0 saturated heterocycles. The predicted octanol–water partition coefficient (Wildman–Crippen LogP) is 3.71. The highest BCUT2D eigenvalue weighted by molar-refractivity contribution is 6.21. The molecule has 0 N–H and O–H groups in total. The monoisotopic (exact) mass is 226 g/mol. The van der Waals surface area contributed by atoms with Crippen LogP contribution in [0, 0.1) is 11.8 Å². The number of carbonyl (C=O) groups excluding carboxylic acids is 1. The molecule has 1 saturated carbocycles. The van der Waals surface area contributed by atoms with Gasteiger partial charge in [0.1, 0.15) is 6.29 Å². The number of halogens is 1. The van der Waals surface area contributed by atoms with E-state index in [0.717, 1.165) is 30.6 Å². The van der Waals surface area contributed by atoms with Crippen molar-refractivity contribution in [2.45, 2.75) is 50.3 Å². The molecule has 0 radical (unpaired) electrons. The fourth-order valence-corrected chi connectivity index (χ4v) is 3.53. The largest absolute Gasteiger partial charge is 0.298 e. The van der Waals surface area contributed by atoms with E-state index in [-0.39, 0.29) is 5.38 Å². The van der Waals surface area contributed by atoms with Crippen LogP contribution in [-0.4, -0.2) is 11.7 Å². The zero-order valence-corrected chi connectivity index (χ0v) is 9.88. The highest BCUT2D eigenvalue weighted by Crippen LogP contribution is 2.39. The van der Waals surface area contributed by atoms with E-state index in [0.29, 0.717) is 5.92 Å². The molecule has 15 heavy (non-hydrogen) atoms. The second kappa shape index (κ2) is 5.16. The topological polar surface area (TPSA) is 17.1 Å². The average molecular weight is 227 g/mol. The molecule has 0 spiro atoms. The van der Waals surface area contributed by atoms with Crippen LogP contribution in [0.1, 0.15) is 44.9 Å². The van der Waals surface area contributed by atoms with E-state index >= 15 is 0 Å².